The van der Waals surface area contributed by atoms with Gasteiger partial charge in [0.15, 0.2) is 5.57 Å². The van der Waals surface area contributed by atoms with Crippen molar-refractivity contribution >= 4 is 33.6 Å². The number of anilines is 1. The summed E-state index contributed by atoms with van der Waals surface area (Å²) < 4.78 is 11.4. The maximum Gasteiger partial charge on any atom is 0.352 e. The first kappa shape index (κ1) is 20.3. The first-order valence-corrected chi connectivity index (χ1v) is 9.18. The lowest BCUT2D eigenvalue weighted by Gasteiger charge is -2.34. The van der Waals surface area contributed by atoms with Gasteiger partial charge in [-0.3, -0.25) is 0 Å². The largest absolute Gasteiger partial charge is 0.419 e. The Morgan fingerprint density at radius 3 is 2.04 bits per heavy atom. The summed E-state index contributed by atoms with van der Waals surface area (Å²) in [6.45, 7) is 11.2. The molecular weight excluding hydrogens is 400 g/mol. The zero-order valence-corrected chi connectivity index (χ0v) is 17.5. The van der Waals surface area contributed by atoms with E-state index in [4.69, 9.17) is 9.47 Å². The number of carbonyl (C=O) groups excluding carboxylic acids is 2. The summed E-state index contributed by atoms with van der Waals surface area (Å²) in [4.78, 5) is 24.9. The summed E-state index contributed by atoms with van der Waals surface area (Å²) in [6.07, 6.45) is 0. The van der Waals surface area contributed by atoms with Crippen LogP contribution in [0.15, 0.2) is 40.1 Å². The lowest BCUT2D eigenvalue weighted by atomic mass is 9.88. The number of rotatable bonds is 4. The second-order valence-corrected chi connectivity index (χ2v) is 8.71. The van der Waals surface area contributed by atoms with Gasteiger partial charge in [0.05, 0.1) is 0 Å². The number of hydrogen-bond acceptors (Lipinski definition) is 6. The fourth-order valence-corrected chi connectivity index (χ4v) is 2.40. The summed E-state index contributed by atoms with van der Waals surface area (Å²) in [7, 11) is 0. The van der Waals surface area contributed by atoms with Gasteiger partial charge in [-0.15, -0.1) is 0 Å². The van der Waals surface area contributed by atoms with Crippen LogP contribution in [0.1, 0.15) is 41.5 Å². The highest BCUT2D eigenvalue weighted by Crippen LogP contribution is 2.27. The van der Waals surface area contributed by atoms with Crippen molar-refractivity contribution in [2.75, 3.05) is 5.32 Å². The summed E-state index contributed by atoms with van der Waals surface area (Å²) >= 11 is 3.38. The van der Waals surface area contributed by atoms with E-state index in [0.717, 1.165) is 10.2 Å². The molecule has 26 heavy (non-hydrogen) atoms. The highest BCUT2D eigenvalue weighted by molar-refractivity contribution is 9.10. The third-order valence-electron chi connectivity index (χ3n) is 4.11. The molecule has 0 aliphatic carbocycles. The fourth-order valence-electron chi connectivity index (χ4n) is 2.14. The predicted octanol–water partition coefficient (Wildman–Crippen LogP) is 3.93. The zero-order chi connectivity index (χ0) is 19.7. The minimum Gasteiger partial charge on any atom is -0.419 e. The second kappa shape index (κ2) is 7.31. The van der Waals surface area contributed by atoms with Crippen molar-refractivity contribution in [3.8, 4) is 0 Å². The molecule has 1 aromatic carbocycles. The molecule has 7 heteroatoms. The Kier molecular flexibility index (Phi) is 5.70. The molecule has 0 amide bonds. The minimum atomic E-state index is -1.28. The van der Waals surface area contributed by atoms with E-state index in [1.165, 1.54) is 13.8 Å². The van der Waals surface area contributed by atoms with Crippen LogP contribution in [0.2, 0.25) is 0 Å². The van der Waals surface area contributed by atoms with Crippen molar-refractivity contribution in [1.82, 2.24) is 5.32 Å². The number of halogens is 1. The summed E-state index contributed by atoms with van der Waals surface area (Å²) in [5.74, 6) is -2.46. The summed E-state index contributed by atoms with van der Waals surface area (Å²) in [5.41, 5.74) is 0.438. The Morgan fingerprint density at radius 1 is 1.08 bits per heavy atom. The number of benzene rings is 1. The van der Waals surface area contributed by atoms with E-state index in [0.29, 0.717) is 0 Å². The van der Waals surface area contributed by atoms with Crippen LogP contribution in [-0.4, -0.2) is 23.8 Å². The average molecular weight is 425 g/mol. The number of hydrogen-bond donors (Lipinski definition) is 2. The molecule has 0 aromatic heterocycles. The molecule has 1 aliphatic rings. The van der Waals surface area contributed by atoms with Gasteiger partial charge in [0, 0.05) is 30.0 Å². The van der Waals surface area contributed by atoms with Crippen LogP contribution in [0.3, 0.4) is 0 Å². The smallest absolute Gasteiger partial charge is 0.352 e. The molecule has 0 saturated carbocycles. The van der Waals surface area contributed by atoms with Gasteiger partial charge >= 0.3 is 11.9 Å². The van der Waals surface area contributed by atoms with Crippen molar-refractivity contribution in [2.24, 2.45) is 5.41 Å². The Morgan fingerprint density at radius 2 is 1.58 bits per heavy atom. The van der Waals surface area contributed by atoms with Crippen molar-refractivity contribution in [1.29, 1.82) is 0 Å². The molecule has 1 atom stereocenters. The zero-order valence-electron chi connectivity index (χ0n) is 15.9. The number of carbonyl (C=O) groups is 2. The molecule has 1 fully saturated rings. The summed E-state index contributed by atoms with van der Waals surface area (Å²) in [6, 6.07) is 7.34. The van der Waals surface area contributed by atoms with E-state index < -0.39 is 17.7 Å². The van der Waals surface area contributed by atoms with E-state index >= 15 is 0 Å². The van der Waals surface area contributed by atoms with Crippen molar-refractivity contribution in [3.05, 3.63) is 40.1 Å². The van der Waals surface area contributed by atoms with Crippen LogP contribution in [0.4, 0.5) is 5.69 Å². The number of nitrogens with one attached hydrogen (secondary N) is 2. The van der Waals surface area contributed by atoms with Gasteiger partial charge in [0.1, 0.15) is 5.82 Å². The number of esters is 2. The molecule has 6 nitrogen and oxygen atoms in total. The molecule has 1 aromatic rings. The maximum atomic E-state index is 12.5. The van der Waals surface area contributed by atoms with Gasteiger partial charge in [-0.25, -0.2) is 9.59 Å². The van der Waals surface area contributed by atoms with Gasteiger partial charge < -0.3 is 20.1 Å². The van der Waals surface area contributed by atoms with Crippen LogP contribution in [-0.2, 0) is 19.1 Å². The molecule has 0 bridgehead atoms. The van der Waals surface area contributed by atoms with Gasteiger partial charge in [-0.05, 0) is 36.6 Å². The quantitative estimate of drug-likeness (QED) is 0.433. The first-order valence-electron chi connectivity index (χ1n) is 8.39. The molecule has 1 unspecified atom stereocenters. The Balaban J connectivity index is 2.43. The molecule has 142 valence electrons. The highest BCUT2D eigenvalue weighted by atomic mass is 79.9. The molecule has 0 radical (unpaired) electrons. The first-order chi connectivity index (χ1) is 11.9. The van der Waals surface area contributed by atoms with Crippen LogP contribution in [0, 0.1) is 5.41 Å². The molecule has 0 spiro atoms. The van der Waals surface area contributed by atoms with Crippen molar-refractivity contribution < 1.29 is 19.1 Å². The van der Waals surface area contributed by atoms with Crippen LogP contribution in [0.5, 0.6) is 0 Å². The van der Waals surface area contributed by atoms with Crippen molar-refractivity contribution in [2.45, 2.75) is 53.4 Å². The molecule has 1 saturated heterocycles. The van der Waals surface area contributed by atoms with Gasteiger partial charge in [-0.2, -0.15) is 0 Å². The number of ether oxygens (including phenoxy) is 2. The standard InChI is InChI=1S/C19H25BrN2O4/c1-11(18(2,3)4)21-15(22-13-9-7-12(20)8-10-13)14-16(23)25-19(5,6)26-17(14)24/h7-11,21-22H,1-6H3. The lowest BCUT2D eigenvalue weighted by Crippen LogP contribution is -2.46. The molecule has 1 heterocycles. The van der Waals surface area contributed by atoms with Gasteiger partial charge in [-0.1, -0.05) is 36.7 Å². The number of cyclic esters (lactones) is 2. The summed E-state index contributed by atoms with van der Waals surface area (Å²) in [5, 5.41) is 6.35. The van der Waals surface area contributed by atoms with Crippen LogP contribution in [0.25, 0.3) is 0 Å². The SMILES string of the molecule is CC(NC(Nc1ccc(Br)cc1)=C1C(=O)OC(C)(C)OC1=O)C(C)(C)C. The van der Waals surface area contributed by atoms with Gasteiger partial charge in [0.2, 0.25) is 0 Å². The predicted molar refractivity (Wildman–Crippen MR) is 103 cm³/mol. The Hall–Kier alpha value is -2.02. The van der Waals surface area contributed by atoms with E-state index in [1.54, 1.807) is 0 Å². The maximum absolute atomic E-state index is 12.5. The van der Waals surface area contributed by atoms with E-state index in [9.17, 15) is 9.59 Å². The van der Waals surface area contributed by atoms with Gasteiger partial charge in [0.25, 0.3) is 5.79 Å². The van der Waals surface area contributed by atoms with E-state index in [1.807, 2.05) is 31.2 Å². The van der Waals surface area contributed by atoms with E-state index in [-0.39, 0.29) is 22.9 Å². The second-order valence-electron chi connectivity index (χ2n) is 7.79. The monoisotopic (exact) mass is 424 g/mol. The van der Waals surface area contributed by atoms with E-state index in [2.05, 4.69) is 47.3 Å². The fraction of sp³-hybridized carbons (Fsp3) is 0.474. The lowest BCUT2D eigenvalue weighted by molar-refractivity contribution is -0.222. The Labute approximate surface area is 162 Å². The van der Waals surface area contributed by atoms with Crippen molar-refractivity contribution in [3.63, 3.8) is 0 Å². The Bertz CT molecular complexity index is 711. The third-order valence-corrected chi connectivity index (χ3v) is 4.64. The topological polar surface area (TPSA) is 76.7 Å². The highest BCUT2D eigenvalue weighted by Gasteiger charge is 2.41. The third kappa shape index (κ3) is 5.00. The minimum absolute atomic E-state index is 0.0384. The molecule has 2 rings (SSSR count). The van der Waals surface area contributed by atoms with Crippen LogP contribution < -0.4 is 10.6 Å². The average Bonchev–Trinajstić information content (AvgIpc) is 2.46. The van der Waals surface area contributed by atoms with Crippen LogP contribution >= 0.6 is 15.9 Å². The molecule has 1 aliphatic heterocycles. The molecular formula is C19H25BrN2O4. The molecule has 2 N–H and O–H groups in total. The normalized spacial score (nSPS) is 17.9.